The van der Waals surface area contributed by atoms with Crippen molar-refractivity contribution in [1.29, 1.82) is 0 Å². The van der Waals surface area contributed by atoms with Crippen LogP contribution in [0.5, 0.6) is 5.75 Å². The van der Waals surface area contributed by atoms with Crippen LogP contribution in [0.1, 0.15) is 12.5 Å². The Morgan fingerprint density at radius 2 is 2.29 bits per heavy atom. The van der Waals surface area contributed by atoms with E-state index in [1.807, 2.05) is 37.4 Å². The Morgan fingerprint density at radius 3 is 2.86 bits per heavy atom. The molecule has 0 aliphatic heterocycles. The summed E-state index contributed by atoms with van der Waals surface area (Å²) in [6, 6.07) is 8.01. The fourth-order valence-electron chi connectivity index (χ4n) is 1.22. The molecule has 0 atom stereocenters. The highest BCUT2D eigenvalue weighted by atomic mass is 32.2. The maximum absolute atomic E-state index is 5.42. The zero-order valence-corrected chi connectivity index (χ0v) is 9.60. The van der Waals surface area contributed by atoms with E-state index in [1.54, 1.807) is 18.8 Å². The second kappa shape index (κ2) is 5.70. The zero-order valence-electron chi connectivity index (χ0n) is 8.78. The molecule has 76 valence electrons. The summed E-state index contributed by atoms with van der Waals surface area (Å²) >= 11 is 1.64. The van der Waals surface area contributed by atoms with Gasteiger partial charge in [0.1, 0.15) is 5.75 Å². The second-order valence-corrected chi connectivity index (χ2v) is 3.49. The average Bonchev–Trinajstić information content (AvgIpc) is 2.21. The molecule has 1 rings (SSSR count). The summed E-state index contributed by atoms with van der Waals surface area (Å²) in [5.41, 5.74) is 1.12. The van der Waals surface area contributed by atoms with Crippen molar-refractivity contribution in [3.05, 3.63) is 29.8 Å². The van der Waals surface area contributed by atoms with E-state index in [4.69, 9.17) is 4.74 Å². The molecule has 3 heteroatoms. The average molecular weight is 209 g/mol. The van der Waals surface area contributed by atoms with E-state index in [2.05, 4.69) is 4.99 Å². The molecule has 1 aromatic rings. The van der Waals surface area contributed by atoms with Crippen LogP contribution in [0.25, 0.3) is 0 Å². The molecule has 0 aliphatic carbocycles. The van der Waals surface area contributed by atoms with E-state index in [0.29, 0.717) is 6.61 Å². The third-order valence-corrected chi connectivity index (χ3v) is 2.59. The lowest BCUT2D eigenvalue weighted by atomic mass is 10.2. The number of hydrogen-bond donors (Lipinski definition) is 0. The fraction of sp³-hybridized carbons (Fsp3) is 0.364. The summed E-state index contributed by atoms with van der Waals surface area (Å²) in [4.78, 5) is 4.20. The van der Waals surface area contributed by atoms with Crippen LogP contribution in [-0.2, 0) is 0 Å². The first-order valence-corrected chi connectivity index (χ1v) is 5.78. The number of nitrogens with zero attached hydrogens (tertiary/aromatic N) is 1. The number of rotatable bonds is 3. The monoisotopic (exact) mass is 209 g/mol. The first-order valence-electron chi connectivity index (χ1n) is 4.55. The van der Waals surface area contributed by atoms with Gasteiger partial charge in [-0.3, -0.25) is 4.99 Å². The van der Waals surface area contributed by atoms with Crippen molar-refractivity contribution < 1.29 is 4.74 Å². The minimum absolute atomic E-state index is 0.696. The highest BCUT2D eigenvalue weighted by molar-refractivity contribution is 8.13. The molecule has 14 heavy (non-hydrogen) atoms. The first kappa shape index (κ1) is 11.1. The van der Waals surface area contributed by atoms with Crippen LogP contribution < -0.4 is 4.74 Å². The molecule has 0 bridgehead atoms. The predicted octanol–water partition coefficient (Wildman–Crippen LogP) is 2.82. The van der Waals surface area contributed by atoms with Gasteiger partial charge in [-0.25, -0.2) is 0 Å². The van der Waals surface area contributed by atoms with Gasteiger partial charge in [0, 0.05) is 12.6 Å². The van der Waals surface area contributed by atoms with Gasteiger partial charge in [-0.1, -0.05) is 12.1 Å². The summed E-state index contributed by atoms with van der Waals surface area (Å²) in [6.07, 6.45) is 2.02. The van der Waals surface area contributed by atoms with Crippen molar-refractivity contribution in [2.75, 3.05) is 19.9 Å². The number of thioether (sulfide) groups is 1. The maximum Gasteiger partial charge on any atom is 0.119 e. The van der Waals surface area contributed by atoms with Crippen molar-refractivity contribution in [2.45, 2.75) is 6.92 Å². The first-order chi connectivity index (χ1) is 6.81. The molecule has 0 amide bonds. The summed E-state index contributed by atoms with van der Waals surface area (Å²) < 4.78 is 5.42. The molecular formula is C11H15NOS. The number of aliphatic imine (C=N–C) groups is 1. The van der Waals surface area contributed by atoms with Gasteiger partial charge in [0.05, 0.1) is 11.7 Å². The summed E-state index contributed by atoms with van der Waals surface area (Å²) in [7, 11) is 1.80. The minimum Gasteiger partial charge on any atom is -0.494 e. The maximum atomic E-state index is 5.42. The van der Waals surface area contributed by atoms with E-state index in [1.165, 1.54) is 0 Å². The molecule has 0 saturated heterocycles. The Labute approximate surface area is 89.4 Å². The standard InChI is InChI=1S/C11H15NOS/c1-4-13-10-7-5-6-9(8-10)11(12-2)14-3/h5-8H,4H2,1-3H3. The Hall–Kier alpha value is -0.960. The summed E-state index contributed by atoms with van der Waals surface area (Å²) in [5.74, 6) is 0.903. The molecule has 2 nitrogen and oxygen atoms in total. The molecule has 0 heterocycles. The van der Waals surface area contributed by atoms with E-state index in [-0.39, 0.29) is 0 Å². The highest BCUT2D eigenvalue weighted by Gasteiger charge is 2.01. The van der Waals surface area contributed by atoms with Crippen LogP contribution in [0.15, 0.2) is 29.3 Å². The largest absolute Gasteiger partial charge is 0.494 e. The van der Waals surface area contributed by atoms with Gasteiger partial charge >= 0.3 is 0 Å². The molecule has 0 radical (unpaired) electrons. The third kappa shape index (κ3) is 2.77. The van der Waals surface area contributed by atoms with Gasteiger partial charge < -0.3 is 4.74 Å². The van der Waals surface area contributed by atoms with Crippen molar-refractivity contribution in [1.82, 2.24) is 0 Å². The second-order valence-electron chi connectivity index (χ2n) is 2.69. The van der Waals surface area contributed by atoms with Crippen LogP contribution in [-0.4, -0.2) is 25.0 Å². The molecular weight excluding hydrogens is 194 g/mol. The smallest absolute Gasteiger partial charge is 0.119 e. The SMILES string of the molecule is CCOc1cccc(C(=NC)SC)c1. The molecule has 0 unspecified atom stereocenters. The van der Waals surface area contributed by atoms with Gasteiger partial charge in [-0.2, -0.15) is 0 Å². The van der Waals surface area contributed by atoms with E-state index >= 15 is 0 Å². The molecule has 0 aliphatic rings. The summed E-state index contributed by atoms with van der Waals surface area (Å²) in [5, 5.41) is 1.03. The van der Waals surface area contributed by atoms with Gasteiger partial charge in [0.25, 0.3) is 0 Å². The topological polar surface area (TPSA) is 21.6 Å². The van der Waals surface area contributed by atoms with Crippen molar-refractivity contribution in [2.24, 2.45) is 4.99 Å². The van der Waals surface area contributed by atoms with Crippen LogP contribution in [0.3, 0.4) is 0 Å². The normalized spacial score (nSPS) is 11.5. The Kier molecular flexibility index (Phi) is 4.53. The van der Waals surface area contributed by atoms with Crippen molar-refractivity contribution in [3.8, 4) is 5.75 Å². The van der Waals surface area contributed by atoms with E-state index < -0.39 is 0 Å². The lowest BCUT2D eigenvalue weighted by Gasteiger charge is -2.06. The molecule has 1 aromatic carbocycles. The van der Waals surface area contributed by atoms with Crippen LogP contribution in [0.4, 0.5) is 0 Å². The van der Waals surface area contributed by atoms with Gasteiger partial charge in [-0.05, 0) is 25.3 Å². The van der Waals surface area contributed by atoms with Gasteiger partial charge in [0.15, 0.2) is 0 Å². The quantitative estimate of drug-likeness (QED) is 0.564. The molecule has 0 N–H and O–H groups in total. The minimum atomic E-state index is 0.696. The van der Waals surface area contributed by atoms with Gasteiger partial charge in [-0.15, -0.1) is 11.8 Å². The van der Waals surface area contributed by atoms with Crippen LogP contribution >= 0.6 is 11.8 Å². The highest BCUT2D eigenvalue weighted by Crippen LogP contribution is 2.17. The number of hydrogen-bond acceptors (Lipinski definition) is 3. The van der Waals surface area contributed by atoms with E-state index in [0.717, 1.165) is 16.4 Å². The lowest BCUT2D eigenvalue weighted by molar-refractivity contribution is 0.340. The fourth-order valence-corrected chi connectivity index (χ4v) is 1.77. The Balaban J connectivity index is 2.92. The van der Waals surface area contributed by atoms with Crippen molar-refractivity contribution in [3.63, 3.8) is 0 Å². The molecule has 0 fully saturated rings. The third-order valence-electron chi connectivity index (χ3n) is 1.79. The Morgan fingerprint density at radius 1 is 1.50 bits per heavy atom. The zero-order chi connectivity index (χ0) is 10.4. The van der Waals surface area contributed by atoms with E-state index in [9.17, 15) is 0 Å². The predicted molar refractivity (Wildman–Crippen MR) is 63.6 cm³/mol. The number of benzene rings is 1. The van der Waals surface area contributed by atoms with Crippen LogP contribution in [0.2, 0.25) is 0 Å². The van der Waals surface area contributed by atoms with Crippen LogP contribution in [0, 0.1) is 0 Å². The summed E-state index contributed by atoms with van der Waals surface area (Å²) in [6.45, 7) is 2.68. The molecule has 0 spiro atoms. The van der Waals surface area contributed by atoms with Crippen molar-refractivity contribution >= 4 is 16.8 Å². The van der Waals surface area contributed by atoms with Gasteiger partial charge in [0.2, 0.25) is 0 Å². The number of ether oxygens (including phenoxy) is 1. The molecule has 0 aromatic heterocycles. The lowest BCUT2D eigenvalue weighted by Crippen LogP contribution is -1.97. The molecule has 0 saturated carbocycles. The Bertz CT molecular complexity index is 323.